The van der Waals surface area contributed by atoms with Crippen molar-refractivity contribution in [2.45, 2.75) is 146 Å². The average molecular weight is 953 g/mol. The lowest BCUT2D eigenvalue weighted by molar-refractivity contribution is 0.327. The summed E-state index contributed by atoms with van der Waals surface area (Å²) in [6.07, 6.45) is 0.524. The van der Waals surface area contributed by atoms with Crippen molar-refractivity contribution in [1.82, 2.24) is 0 Å². The minimum Gasteiger partial charge on any atom is -0.492 e. The SMILES string of the molecule is Cc1cc(-c2cc(C)cc(C(C)(C)C)c2Op2oc3c(C(C)(C)C)cc(C)cc3c3cc(C)cc(C(C)(C)C)c3o2)c(OCCP(Oc2ccccc2C)Oc2ccccc2C)c(C(C)(C)C)c1. The number of hydrogen-bond acceptors (Lipinski definition) is 6. The lowest BCUT2D eigenvalue weighted by atomic mass is 9.80. The second-order valence-electron chi connectivity index (χ2n) is 22.9. The Hall–Kier alpha value is -5.15. The molecule has 0 unspecified atom stereocenters. The zero-order valence-corrected chi connectivity index (χ0v) is 45.8. The van der Waals surface area contributed by atoms with E-state index in [1.807, 2.05) is 36.4 Å². The van der Waals surface area contributed by atoms with Crippen molar-refractivity contribution in [3.05, 3.63) is 153 Å². The third kappa shape index (κ3) is 11.3. The van der Waals surface area contributed by atoms with Gasteiger partial charge >= 0.3 is 8.24 Å². The summed E-state index contributed by atoms with van der Waals surface area (Å²) in [5.41, 5.74) is 13.5. The van der Waals surface area contributed by atoms with Crippen LogP contribution in [0.15, 0.2) is 105 Å². The average Bonchev–Trinajstić information content (AvgIpc) is 3.37. The summed E-state index contributed by atoms with van der Waals surface area (Å²) in [6, 6.07) is 34.2. The lowest BCUT2D eigenvalue weighted by Crippen LogP contribution is -2.17. The first kappa shape index (κ1) is 50.7. The third-order valence-corrected chi connectivity index (χ3v) is 14.7. The fourth-order valence-electron chi connectivity index (χ4n) is 8.72. The number of rotatable bonds is 11. The van der Waals surface area contributed by atoms with Gasteiger partial charge in [0.05, 0.1) is 12.8 Å². The van der Waals surface area contributed by atoms with Crippen molar-refractivity contribution < 1.29 is 26.7 Å². The van der Waals surface area contributed by atoms with Crippen LogP contribution in [0.25, 0.3) is 33.1 Å². The Morgan fingerprint density at radius 1 is 0.456 bits per heavy atom. The molecule has 8 heteroatoms. The van der Waals surface area contributed by atoms with Gasteiger partial charge in [0.25, 0.3) is 8.38 Å². The molecule has 6 aromatic carbocycles. The number of ether oxygens (including phenoxy) is 1. The van der Waals surface area contributed by atoms with Gasteiger partial charge in [0.1, 0.15) is 34.2 Å². The fourth-order valence-corrected chi connectivity index (χ4v) is 11.2. The van der Waals surface area contributed by atoms with Crippen LogP contribution in [-0.4, -0.2) is 12.8 Å². The van der Waals surface area contributed by atoms with Gasteiger partial charge in [-0.15, -0.1) is 0 Å². The van der Waals surface area contributed by atoms with Crippen LogP contribution in [0.5, 0.6) is 23.0 Å². The summed E-state index contributed by atoms with van der Waals surface area (Å²) >= 11 is 0. The Balaban J connectivity index is 1.45. The van der Waals surface area contributed by atoms with E-state index in [4.69, 9.17) is 26.7 Å². The molecule has 0 spiro atoms. The molecule has 68 heavy (non-hydrogen) atoms. The van der Waals surface area contributed by atoms with Crippen LogP contribution in [-0.2, 0) is 21.7 Å². The number of benzene rings is 6. The van der Waals surface area contributed by atoms with E-state index in [9.17, 15) is 0 Å². The van der Waals surface area contributed by atoms with E-state index in [1.165, 1.54) is 11.1 Å². The van der Waals surface area contributed by atoms with Crippen LogP contribution in [0.3, 0.4) is 0 Å². The predicted octanol–water partition coefficient (Wildman–Crippen LogP) is 18.7. The summed E-state index contributed by atoms with van der Waals surface area (Å²) < 4.78 is 42.6. The molecule has 0 bridgehead atoms. The van der Waals surface area contributed by atoms with Gasteiger partial charge in [-0.05, 0) is 133 Å². The van der Waals surface area contributed by atoms with Crippen molar-refractivity contribution >= 4 is 38.6 Å². The molecule has 7 rings (SSSR count). The van der Waals surface area contributed by atoms with E-state index in [0.717, 1.165) is 101 Å². The Kier molecular flexibility index (Phi) is 14.4. The van der Waals surface area contributed by atoms with Crippen molar-refractivity contribution in [2.24, 2.45) is 0 Å². The second kappa shape index (κ2) is 19.3. The van der Waals surface area contributed by atoms with Crippen LogP contribution in [0.2, 0.25) is 0 Å². The molecule has 0 saturated carbocycles. The van der Waals surface area contributed by atoms with Crippen molar-refractivity contribution in [1.29, 1.82) is 0 Å². The van der Waals surface area contributed by atoms with Gasteiger partial charge < -0.3 is 26.7 Å². The topological polar surface area (TPSA) is 63.2 Å². The Morgan fingerprint density at radius 3 is 1.24 bits per heavy atom. The van der Waals surface area contributed by atoms with E-state index in [2.05, 4.69) is 185 Å². The first-order valence-corrected chi connectivity index (χ1v) is 26.5. The molecule has 0 N–H and O–H groups in total. The summed E-state index contributed by atoms with van der Waals surface area (Å²) in [7, 11) is -3.51. The summed E-state index contributed by atoms with van der Waals surface area (Å²) in [4.78, 5) is 0. The molecule has 0 atom stereocenters. The molecular formula is C60H74O6P2. The van der Waals surface area contributed by atoms with Gasteiger partial charge in [0.2, 0.25) is 0 Å². The molecule has 0 aliphatic carbocycles. The highest BCUT2D eigenvalue weighted by atomic mass is 31.2. The van der Waals surface area contributed by atoms with Gasteiger partial charge in [0.15, 0.2) is 0 Å². The smallest absolute Gasteiger partial charge is 0.453 e. The van der Waals surface area contributed by atoms with Gasteiger partial charge in [-0.25, -0.2) is 0 Å². The van der Waals surface area contributed by atoms with E-state index in [-0.39, 0.29) is 21.7 Å². The minimum absolute atomic E-state index is 0.225. The van der Waals surface area contributed by atoms with E-state index >= 15 is 0 Å². The summed E-state index contributed by atoms with van der Waals surface area (Å²) in [6.45, 7) is 40.1. The monoisotopic (exact) mass is 952 g/mol. The maximum Gasteiger partial charge on any atom is 0.453 e. The highest BCUT2D eigenvalue weighted by Crippen LogP contribution is 2.52. The van der Waals surface area contributed by atoms with E-state index in [1.54, 1.807) is 0 Å². The molecule has 0 aliphatic heterocycles. The van der Waals surface area contributed by atoms with Crippen LogP contribution in [0.4, 0.5) is 0 Å². The number of fused-ring (bicyclic) bond motifs is 3. The minimum atomic E-state index is -2.07. The van der Waals surface area contributed by atoms with Gasteiger partial charge in [-0.1, -0.05) is 144 Å². The zero-order valence-electron chi connectivity index (χ0n) is 44.0. The molecule has 7 aromatic rings. The molecule has 1 heterocycles. The highest BCUT2D eigenvalue weighted by molar-refractivity contribution is 7.48. The summed E-state index contributed by atoms with van der Waals surface area (Å²) in [5.74, 6) is 3.14. The molecule has 0 saturated heterocycles. The largest absolute Gasteiger partial charge is 0.492 e. The van der Waals surface area contributed by atoms with Gasteiger partial charge in [-0.2, -0.15) is 0 Å². The van der Waals surface area contributed by atoms with Crippen LogP contribution >= 0.6 is 16.6 Å². The molecular weight excluding hydrogens is 879 g/mol. The van der Waals surface area contributed by atoms with Crippen molar-refractivity contribution in [3.8, 4) is 34.1 Å². The number of aryl methyl sites for hydroxylation is 6. The standard InChI is InChI=1S/C60H74O6P2/c1-37-29-43(53(47(33-37)57(7,8)9)61-27-28-67(62-51-25-21-19-23-41(51)5)63-52-26-22-20-24-42(52)6)44-30-38(2)34-48(58(10,11)12)54(44)64-68-65-55-45(31-39(3)35-49(55)59(13,14)15)46-32-40(4)36-50(56(46)66-68)60(16,17)18/h19-26,29-36H,27-28H2,1-18H3. The molecule has 1 aromatic heterocycles. The number of hydrogen-bond donors (Lipinski definition) is 0. The van der Waals surface area contributed by atoms with Gasteiger partial charge in [-0.3, -0.25) is 0 Å². The Bertz CT molecular complexity index is 2890. The van der Waals surface area contributed by atoms with Crippen molar-refractivity contribution in [3.63, 3.8) is 0 Å². The molecule has 0 amide bonds. The predicted molar refractivity (Wildman–Crippen MR) is 289 cm³/mol. The first-order valence-electron chi connectivity index (χ1n) is 24.0. The molecule has 0 aliphatic rings. The van der Waals surface area contributed by atoms with Crippen LogP contribution in [0.1, 0.15) is 139 Å². The Morgan fingerprint density at radius 2 is 0.824 bits per heavy atom. The third-order valence-electron chi connectivity index (χ3n) is 12.4. The lowest BCUT2D eigenvalue weighted by Gasteiger charge is -2.29. The van der Waals surface area contributed by atoms with Crippen LogP contribution < -0.4 is 18.3 Å². The highest BCUT2D eigenvalue weighted by Gasteiger charge is 2.31. The van der Waals surface area contributed by atoms with Gasteiger partial charge in [0, 0.05) is 44.2 Å². The first-order chi connectivity index (χ1) is 31.7. The zero-order chi connectivity index (χ0) is 49.7. The van der Waals surface area contributed by atoms with Crippen molar-refractivity contribution in [2.75, 3.05) is 12.8 Å². The number of para-hydroxylation sites is 2. The van der Waals surface area contributed by atoms with E-state index < -0.39 is 16.6 Å². The fraction of sp³-hybridized carbons (Fsp3) is 0.400. The van der Waals surface area contributed by atoms with E-state index in [0.29, 0.717) is 12.8 Å². The van der Waals surface area contributed by atoms with Crippen LogP contribution in [0, 0.1) is 41.5 Å². The molecule has 360 valence electrons. The maximum atomic E-state index is 7.49. The molecule has 0 fully saturated rings. The Labute approximate surface area is 409 Å². The molecule has 6 nitrogen and oxygen atoms in total. The maximum absolute atomic E-state index is 7.49. The second-order valence-corrected chi connectivity index (χ2v) is 25.3. The summed E-state index contributed by atoms with van der Waals surface area (Å²) in [5, 5.41) is 2.05. The molecule has 0 radical (unpaired) electrons. The normalized spacial score (nSPS) is 12.5. The quantitative estimate of drug-likeness (QED) is 0.120.